The van der Waals surface area contributed by atoms with E-state index in [2.05, 4.69) is 15.9 Å². The average Bonchev–Trinajstić information content (AvgIpc) is 2.53. The summed E-state index contributed by atoms with van der Waals surface area (Å²) in [6.45, 7) is 3.79. The first-order chi connectivity index (χ1) is 10.4. The Bertz CT molecular complexity index is 720. The van der Waals surface area contributed by atoms with Crippen molar-refractivity contribution in [2.45, 2.75) is 36.0 Å². The van der Waals surface area contributed by atoms with Crippen molar-refractivity contribution in [2.75, 3.05) is 0 Å². The minimum Gasteiger partial charge on any atom is -0.439 e. The molecule has 0 fully saturated rings. The van der Waals surface area contributed by atoms with E-state index in [4.69, 9.17) is 4.74 Å². The van der Waals surface area contributed by atoms with E-state index in [0.717, 1.165) is 9.87 Å². The number of alkyl halides is 1. The predicted octanol–water partition coefficient (Wildman–Crippen LogP) is 2.74. The Kier molecular flexibility index (Phi) is 5.11. The van der Waals surface area contributed by atoms with Crippen molar-refractivity contribution in [3.8, 4) is 0 Å². The van der Waals surface area contributed by atoms with Crippen LogP contribution in [0.25, 0.3) is 0 Å². The Morgan fingerprint density at radius 1 is 1.36 bits per heavy atom. The van der Waals surface area contributed by atoms with Gasteiger partial charge in [0.05, 0.1) is 17.2 Å². The summed E-state index contributed by atoms with van der Waals surface area (Å²) >= 11 is 3.46. The monoisotopic (exact) mass is 385 g/mol. The summed E-state index contributed by atoms with van der Waals surface area (Å²) in [5.41, 5.74) is 0.948. The van der Waals surface area contributed by atoms with Crippen LogP contribution in [0.5, 0.6) is 0 Å². The van der Waals surface area contributed by atoms with Crippen LogP contribution in [0.15, 0.2) is 47.4 Å². The molecule has 1 aliphatic rings. The van der Waals surface area contributed by atoms with Crippen molar-refractivity contribution in [3.63, 3.8) is 0 Å². The van der Waals surface area contributed by atoms with Crippen LogP contribution < -0.4 is 0 Å². The molecule has 118 valence electrons. The van der Waals surface area contributed by atoms with Crippen LogP contribution >= 0.6 is 15.9 Å². The number of sulfonamides is 1. The SMILES string of the molecule is CCC(Br)[C@H]1C=COC(=C=O)N1S(=O)(=O)c1ccc(C)cc1. The van der Waals surface area contributed by atoms with E-state index in [1.165, 1.54) is 18.4 Å². The molecule has 0 amide bonds. The summed E-state index contributed by atoms with van der Waals surface area (Å²) in [6, 6.07) is 5.88. The summed E-state index contributed by atoms with van der Waals surface area (Å²) in [6.07, 6.45) is 3.60. The van der Waals surface area contributed by atoms with Gasteiger partial charge in [0, 0.05) is 4.83 Å². The predicted molar refractivity (Wildman–Crippen MR) is 86.4 cm³/mol. The van der Waals surface area contributed by atoms with Gasteiger partial charge in [-0.05, 0) is 31.6 Å². The zero-order valence-electron chi connectivity index (χ0n) is 12.2. The van der Waals surface area contributed by atoms with E-state index in [1.54, 1.807) is 24.2 Å². The van der Waals surface area contributed by atoms with Crippen molar-refractivity contribution in [1.29, 1.82) is 0 Å². The minimum absolute atomic E-state index is 0.102. The molecule has 0 aliphatic carbocycles. The van der Waals surface area contributed by atoms with E-state index in [1.807, 2.05) is 13.8 Å². The lowest BCUT2D eigenvalue weighted by Crippen LogP contribution is -2.45. The third-order valence-electron chi connectivity index (χ3n) is 3.35. The largest absolute Gasteiger partial charge is 0.439 e. The van der Waals surface area contributed by atoms with E-state index in [0.29, 0.717) is 6.42 Å². The Labute approximate surface area is 138 Å². The molecule has 0 radical (unpaired) electrons. The Hall–Kier alpha value is -1.56. The molecule has 0 saturated heterocycles. The van der Waals surface area contributed by atoms with Gasteiger partial charge in [-0.1, -0.05) is 40.5 Å². The van der Waals surface area contributed by atoms with Crippen LogP contribution in [0.4, 0.5) is 0 Å². The second kappa shape index (κ2) is 6.69. The van der Waals surface area contributed by atoms with Gasteiger partial charge in [-0.2, -0.15) is 0 Å². The van der Waals surface area contributed by atoms with Crippen molar-refractivity contribution < 1.29 is 17.9 Å². The van der Waals surface area contributed by atoms with Crippen molar-refractivity contribution >= 4 is 31.9 Å². The standard InChI is InChI=1S/C15H16BrNO4S/c1-3-13(16)14-8-9-21-15(10-18)17(14)22(19,20)12-6-4-11(2)5-7-12/h4-9,13-14H,3H2,1-2H3/t13?,14-/m1/s1. The second-order valence-corrected chi connectivity index (χ2v) is 7.87. The number of ether oxygens (including phenoxy) is 1. The zero-order valence-corrected chi connectivity index (χ0v) is 14.6. The molecular formula is C15H16BrNO4S. The highest BCUT2D eigenvalue weighted by Crippen LogP contribution is 2.31. The summed E-state index contributed by atoms with van der Waals surface area (Å²) in [7, 11) is -3.92. The van der Waals surface area contributed by atoms with E-state index in [9.17, 15) is 13.2 Å². The first kappa shape index (κ1) is 16.8. The molecule has 0 aromatic heterocycles. The molecule has 1 aliphatic heterocycles. The highest BCUT2D eigenvalue weighted by Gasteiger charge is 2.38. The molecule has 2 rings (SSSR count). The Balaban J connectivity index is 2.55. The summed E-state index contributed by atoms with van der Waals surface area (Å²) < 4.78 is 31.8. The van der Waals surface area contributed by atoms with Crippen LogP contribution in [0.2, 0.25) is 0 Å². The highest BCUT2D eigenvalue weighted by atomic mass is 79.9. The van der Waals surface area contributed by atoms with E-state index >= 15 is 0 Å². The van der Waals surface area contributed by atoms with Gasteiger partial charge in [-0.15, -0.1) is 0 Å². The molecule has 0 saturated carbocycles. The topological polar surface area (TPSA) is 63.7 Å². The van der Waals surface area contributed by atoms with Crippen LogP contribution in [-0.4, -0.2) is 29.5 Å². The zero-order chi connectivity index (χ0) is 16.3. The maximum Gasteiger partial charge on any atom is 0.297 e. The molecule has 0 N–H and O–H groups in total. The molecule has 1 heterocycles. The van der Waals surface area contributed by atoms with Gasteiger partial charge in [0.15, 0.2) is 5.94 Å². The molecule has 0 spiro atoms. The van der Waals surface area contributed by atoms with Crippen LogP contribution in [0, 0.1) is 6.92 Å². The minimum atomic E-state index is -3.92. The van der Waals surface area contributed by atoms with Crippen LogP contribution in [0.1, 0.15) is 18.9 Å². The number of benzene rings is 1. The summed E-state index contributed by atoms with van der Waals surface area (Å²) in [4.78, 5) is 11.1. The average molecular weight is 386 g/mol. The fourth-order valence-corrected chi connectivity index (χ4v) is 4.23. The maximum atomic E-state index is 12.9. The summed E-state index contributed by atoms with van der Waals surface area (Å²) in [5, 5.41) is 0. The second-order valence-electron chi connectivity index (χ2n) is 4.88. The third kappa shape index (κ3) is 3.11. The quantitative estimate of drug-likeness (QED) is 0.590. The highest BCUT2D eigenvalue weighted by molar-refractivity contribution is 9.09. The van der Waals surface area contributed by atoms with Gasteiger partial charge in [-0.3, -0.25) is 0 Å². The lowest BCUT2D eigenvalue weighted by molar-refractivity contribution is 0.207. The number of aryl methyl sites for hydroxylation is 1. The fraction of sp³-hybridized carbons (Fsp3) is 0.333. The lowest BCUT2D eigenvalue weighted by atomic mass is 10.1. The number of carbonyl (C=O) groups excluding carboxylic acids is 1. The number of hydrogen-bond acceptors (Lipinski definition) is 4. The Morgan fingerprint density at radius 2 is 2.00 bits per heavy atom. The van der Waals surface area contributed by atoms with Gasteiger partial charge in [0.25, 0.3) is 15.9 Å². The molecule has 22 heavy (non-hydrogen) atoms. The Morgan fingerprint density at radius 3 is 2.55 bits per heavy atom. The molecule has 7 heteroatoms. The van der Waals surface area contributed by atoms with E-state index in [-0.39, 0.29) is 15.6 Å². The molecule has 1 unspecified atom stereocenters. The smallest absolute Gasteiger partial charge is 0.297 e. The molecule has 5 nitrogen and oxygen atoms in total. The molecule has 1 aromatic rings. The van der Waals surface area contributed by atoms with Crippen LogP contribution in [-0.2, 0) is 19.6 Å². The number of rotatable bonds is 4. The van der Waals surface area contributed by atoms with Crippen molar-refractivity contribution in [1.82, 2.24) is 4.31 Å². The van der Waals surface area contributed by atoms with Gasteiger partial charge in [-0.25, -0.2) is 17.5 Å². The van der Waals surface area contributed by atoms with E-state index < -0.39 is 16.1 Å². The van der Waals surface area contributed by atoms with Crippen molar-refractivity contribution in [3.05, 3.63) is 48.1 Å². The van der Waals surface area contributed by atoms with Gasteiger partial charge in [0.2, 0.25) is 0 Å². The lowest BCUT2D eigenvalue weighted by Gasteiger charge is -2.34. The first-order valence-corrected chi connectivity index (χ1v) is 9.11. The molecule has 0 bridgehead atoms. The van der Waals surface area contributed by atoms with Crippen LogP contribution in [0.3, 0.4) is 0 Å². The normalized spacial score (nSPS) is 19.5. The number of nitrogens with zero attached hydrogens (tertiary/aromatic N) is 1. The fourth-order valence-electron chi connectivity index (χ4n) is 2.12. The number of hydrogen-bond donors (Lipinski definition) is 0. The summed E-state index contributed by atoms with van der Waals surface area (Å²) in [5.74, 6) is 1.21. The number of halogens is 1. The maximum absolute atomic E-state index is 12.9. The molecular weight excluding hydrogens is 370 g/mol. The molecule has 2 atom stereocenters. The van der Waals surface area contributed by atoms with Gasteiger partial charge >= 0.3 is 0 Å². The third-order valence-corrected chi connectivity index (χ3v) is 6.34. The van der Waals surface area contributed by atoms with Gasteiger partial charge in [0.1, 0.15) is 0 Å². The molecule has 1 aromatic carbocycles. The van der Waals surface area contributed by atoms with Gasteiger partial charge < -0.3 is 4.74 Å². The van der Waals surface area contributed by atoms with Crippen molar-refractivity contribution in [2.24, 2.45) is 0 Å². The first-order valence-electron chi connectivity index (χ1n) is 6.75.